The van der Waals surface area contributed by atoms with E-state index < -0.39 is 0 Å². The molecule has 4 aromatic rings. The van der Waals surface area contributed by atoms with E-state index in [9.17, 15) is 10.1 Å². The van der Waals surface area contributed by atoms with E-state index in [2.05, 4.69) is 26.9 Å². The van der Waals surface area contributed by atoms with E-state index in [-0.39, 0.29) is 17.0 Å². The fourth-order valence-corrected chi connectivity index (χ4v) is 4.91. The number of halogens is 1. The third kappa shape index (κ3) is 3.41. The molecule has 156 valence electrons. The Kier molecular flexibility index (Phi) is 5.03. The predicted molar refractivity (Wildman–Crippen MR) is 124 cm³/mol. The molecule has 7 heteroatoms. The van der Waals surface area contributed by atoms with Gasteiger partial charge in [0.15, 0.2) is 11.5 Å². The number of nitriles is 1. The summed E-state index contributed by atoms with van der Waals surface area (Å²) < 4.78 is 8.48. The van der Waals surface area contributed by atoms with Crippen molar-refractivity contribution >= 4 is 43.6 Å². The van der Waals surface area contributed by atoms with Crippen LogP contribution in [0.25, 0.3) is 22.0 Å². The second-order valence-electron chi connectivity index (χ2n) is 8.00. The number of nitrogens with zero attached hydrogens (tertiary/aromatic N) is 4. The first kappa shape index (κ1) is 19.8. The van der Waals surface area contributed by atoms with Crippen molar-refractivity contribution in [3.8, 4) is 6.07 Å². The number of hydrogen-bond donors (Lipinski definition) is 0. The molecule has 0 spiro atoms. The molecule has 2 aromatic heterocycles. The number of hydrogen-bond acceptors (Lipinski definition) is 5. The van der Waals surface area contributed by atoms with Crippen LogP contribution in [0.1, 0.15) is 36.6 Å². The highest BCUT2D eigenvalue weighted by Crippen LogP contribution is 2.35. The van der Waals surface area contributed by atoms with Crippen molar-refractivity contribution in [2.75, 3.05) is 18.0 Å². The molecular weight excluding hydrogens is 456 g/mol. The third-order valence-corrected chi connectivity index (χ3v) is 6.64. The van der Waals surface area contributed by atoms with Gasteiger partial charge in [-0.15, -0.1) is 0 Å². The Labute approximate surface area is 187 Å². The van der Waals surface area contributed by atoms with E-state index >= 15 is 0 Å². The van der Waals surface area contributed by atoms with E-state index in [0.717, 1.165) is 70.4 Å². The Bertz CT molecular complexity index is 1370. The lowest BCUT2D eigenvalue weighted by atomic mass is 10.0. The summed E-state index contributed by atoms with van der Waals surface area (Å²) in [5, 5.41) is 10.7. The van der Waals surface area contributed by atoms with Crippen molar-refractivity contribution in [2.45, 2.75) is 25.2 Å². The van der Waals surface area contributed by atoms with Gasteiger partial charge in [-0.25, -0.2) is 4.98 Å². The smallest absolute Gasteiger partial charge is 0.270 e. The summed E-state index contributed by atoms with van der Waals surface area (Å²) >= 11 is 3.50. The monoisotopic (exact) mass is 476 g/mol. The molecule has 1 saturated heterocycles. The van der Waals surface area contributed by atoms with Crippen LogP contribution in [-0.4, -0.2) is 22.6 Å². The second-order valence-corrected chi connectivity index (χ2v) is 8.91. The van der Waals surface area contributed by atoms with Crippen LogP contribution in [0.15, 0.2) is 56.1 Å². The van der Waals surface area contributed by atoms with Gasteiger partial charge < -0.3 is 13.9 Å². The normalized spacial score (nSPS) is 17.1. The van der Waals surface area contributed by atoms with Gasteiger partial charge in [-0.1, -0.05) is 28.1 Å². The minimum atomic E-state index is -0.261. The Balaban J connectivity index is 1.53. The molecule has 0 radical (unpaired) electrons. The number of aromatic nitrogens is 2. The quantitative estimate of drug-likeness (QED) is 0.402. The molecule has 0 amide bonds. The maximum Gasteiger partial charge on any atom is 0.270 e. The van der Waals surface area contributed by atoms with Crippen LogP contribution in [0.5, 0.6) is 0 Å². The summed E-state index contributed by atoms with van der Waals surface area (Å²) in [6.45, 7) is 1.51. The standard InChI is InChI=1S/C24H21BrN4O2/c1-28-20-13-16(25)8-9-17(20)22(18(14-26)24(28)30)29-11-4-5-15(10-12-29)23-27-19-6-2-3-7-21(19)31-23/h2-3,6-9,13,15H,4-5,10-12H2,1H3/t15-/m1/s1. The van der Waals surface area contributed by atoms with Gasteiger partial charge in [-0.2, -0.15) is 5.26 Å². The van der Waals surface area contributed by atoms with Crippen LogP contribution in [0, 0.1) is 11.3 Å². The Morgan fingerprint density at radius 1 is 1.19 bits per heavy atom. The first-order chi connectivity index (χ1) is 15.1. The molecule has 0 N–H and O–H groups in total. The zero-order valence-electron chi connectivity index (χ0n) is 17.1. The molecule has 5 rings (SSSR count). The van der Waals surface area contributed by atoms with Gasteiger partial charge in [0, 0.05) is 35.9 Å². The molecule has 0 aliphatic carbocycles. The lowest BCUT2D eigenvalue weighted by Crippen LogP contribution is -2.30. The fourth-order valence-electron chi connectivity index (χ4n) is 4.56. The van der Waals surface area contributed by atoms with Gasteiger partial charge in [0.25, 0.3) is 5.56 Å². The van der Waals surface area contributed by atoms with Crippen LogP contribution < -0.4 is 10.5 Å². The lowest BCUT2D eigenvalue weighted by molar-refractivity contribution is 0.445. The maximum atomic E-state index is 12.9. The van der Waals surface area contributed by atoms with E-state index in [1.165, 1.54) is 0 Å². The largest absolute Gasteiger partial charge is 0.440 e. The van der Waals surface area contributed by atoms with Crippen molar-refractivity contribution in [3.63, 3.8) is 0 Å². The molecule has 31 heavy (non-hydrogen) atoms. The third-order valence-electron chi connectivity index (χ3n) is 6.15. The maximum absolute atomic E-state index is 12.9. The van der Waals surface area contributed by atoms with E-state index in [0.29, 0.717) is 0 Å². The summed E-state index contributed by atoms with van der Waals surface area (Å²) in [4.78, 5) is 19.8. The van der Waals surface area contributed by atoms with Crippen molar-refractivity contribution < 1.29 is 4.42 Å². The van der Waals surface area contributed by atoms with Crippen molar-refractivity contribution in [1.82, 2.24) is 9.55 Å². The van der Waals surface area contributed by atoms with E-state index in [4.69, 9.17) is 9.40 Å². The van der Waals surface area contributed by atoms with Gasteiger partial charge in [0.05, 0.1) is 11.2 Å². The van der Waals surface area contributed by atoms with E-state index in [1.807, 2.05) is 42.5 Å². The highest BCUT2D eigenvalue weighted by molar-refractivity contribution is 9.10. The summed E-state index contributed by atoms with van der Waals surface area (Å²) in [6, 6.07) is 15.9. The molecular formula is C24H21BrN4O2. The van der Waals surface area contributed by atoms with Crippen LogP contribution in [0.3, 0.4) is 0 Å². The first-order valence-corrected chi connectivity index (χ1v) is 11.2. The predicted octanol–water partition coefficient (Wildman–Crippen LogP) is 5.09. The zero-order valence-corrected chi connectivity index (χ0v) is 18.7. The fraction of sp³-hybridized carbons (Fsp3) is 0.292. The summed E-state index contributed by atoms with van der Waals surface area (Å²) in [7, 11) is 1.72. The second kappa shape index (κ2) is 7.86. The molecule has 1 fully saturated rings. The van der Waals surface area contributed by atoms with E-state index in [1.54, 1.807) is 11.6 Å². The zero-order chi connectivity index (χ0) is 21.5. The number of rotatable bonds is 2. The number of para-hydroxylation sites is 2. The first-order valence-electron chi connectivity index (χ1n) is 10.4. The van der Waals surface area contributed by atoms with Gasteiger partial charge >= 0.3 is 0 Å². The minimum Gasteiger partial charge on any atom is -0.440 e. The molecule has 1 aliphatic rings. The Morgan fingerprint density at radius 2 is 2.03 bits per heavy atom. The molecule has 2 aromatic carbocycles. The molecule has 6 nitrogen and oxygen atoms in total. The molecule has 0 bridgehead atoms. The highest BCUT2D eigenvalue weighted by Gasteiger charge is 2.26. The summed E-state index contributed by atoms with van der Waals surface area (Å²) in [5.41, 5.74) is 3.20. The van der Waals surface area contributed by atoms with Gasteiger partial charge in [0.2, 0.25) is 0 Å². The molecule has 3 heterocycles. The van der Waals surface area contributed by atoms with Crippen LogP contribution in [0.2, 0.25) is 0 Å². The van der Waals surface area contributed by atoms with Crippen molar-refractivity contribution in [3.05, 3.63) is 68.7 Å². The van der Waals surface area contributed by atoms with Gasteiger partial charge in [0.1, 0.15) is 17.1 Å². The minimum absolute atomic E-state index is 0.206. The molecule has 1 aliphatic heterocycles. The SMILES string of the molecule is Cn1c(=O)c(C#N)c(N2CCC[C@@H](c3nc4ccccc4o3)CC2)c2ccc(Br)cc21. The summed E-state index contributed by atoms with van der Waals surface area (Å²) in [6.07, 6.45) is 2.74. The van der Waals surface area contributed by atoms with Gasteiger partial charge in [-0.3, -0.25) is 4.79 Å². The molecule has 0 unspecified atom stereocenters. The topological polar surface area (TPSA) is 75.1 Å². The molecule has 1 atom stereocenters. The Hall–Kier alpha value is -3.11. The average molecular weight is 477 g/mol. The Morgan fingerprint density at radius 3 is 2.84 bits per heavy atom. The molecule has 0 saturated carbocycles. The number of anilines is 1. The highest BCUT2D eigenvalue weighted by atomic mass is 79.9. The van der Waals surface area contributed by atoms with Crippen LogP contribution in [0.4, 0.5) is 5.69 Å². The number of benzene rings is 2. The number of fused-ring (bicyclic) bond motifs is 2. The van der Waals surface area contributed by atoms with Crippen molar-refractivity contribution in [2.24, 2.45) is 7.05 Å². The van der Waals surface area contributed by atoms with Crippen LogP contribution in [-0.2, 0) is 7.05 Å². The lowest BCUT2D eigenvalue weighted by Gasteiger charge is -2.26. The number of pyridine rings is 1. The van der Waals surface area contributed by atoms with Crippen LogP contribution >= 0.6 is 15.9 Å². The number of oxazole rings is 1. The summed E-state index contributed by atoms with van der Waals surface area (Å²) in [5.74, 6) is 0.996. The van der Waals surface area contributed by atoms with Gasteiger partial charge in [-0.05, 0) is 49.6 Å². The van der Waals surface area contributed by atoms with Crippen molar-refractivity contribution in [1.29, 1.82) is 5.26 Å². The average Bonchev–Trinajstić information content (AvgIpc) is 3.06. The number of aryl methyl sites for hydroxylation is 1.